The molecule has 5 aromatic rings. The Kier molecular flexibility index (Phi) is 8.36. The maximum Gasteiger partial charge on any atom is 0.335 e. The van der Waals surface area contributed by atoms with Crippen molar-refractivity contribution in [2.45, 2.75) is 6.92 Å². The summed E-state index contributed by atoms with van der Waals surface area (Å²) in [6, 6.07) is 39.7. The van der Waals surface area contributed by atoms with E-state index in [2.05, 4.69) is 9.88 Å². The molecule has 1 N–H and O–H groups in total. The van der Waals surface area contributed by atoms with E-state index < -0.39 is 5.97 Å². The Morgan fingerprint density at radius 2 is 1.32 bits per heavy atom. The van der Waals surface area contributed by atoms with Gasteiger partial charge in [-0.2, -0.15) is 4.57 Å². The lowest BCUT2D eigenvalue weighted by molar-refractivity contribution is -0.587. The Bertz CT molecular complexity index is 1530. The number of nitrogens with one attached hydrogen (secondary N) is 1. The number of nitrogens with zero attached hydrogens (tertiary/aromatic N) is 3. The van der Waals surface area contributed by atoms with Crippen LogP contribution in [0.15, 0.2) is 127 Å². The van der Waals surface area contributed by atoms with Crippen LogP contribution in [0.1, 0.15) is 12.7 Å². The van der Waals surface area contributed by atoms with Gasteiger partial charge in [-0.05, 0) is 55.5 Å². The highest BCUT2D eigenvalue weighted by molar-refractivity contribution is 5.98. The molecule has 7 heteroatoms. The van der Waals surface area contributed by atoms with Crippen molar-refractivity contribution in [1.82, 2.24) is 9.78 Å². The van der Waals surface area contributed by atoms with E-state index in [9.17, 15) is 4.79 Å². The molecule has 0 aliphatic rings. The van der Waals surface area contributed by atoms with E-state index in [1.54, 1.807) is 6.92 Å². The fourth-order valence-corrected chi connectivity index (χ4v) is 4.18. The first-order chi connectivity index (χ1) is 18.2. The molecule has 0 aliphatic heterocycles. The molecule has 1 heterocycles. The Hall–Kier alpha value is -4.68. The van der Waals surface area contributed by atoms with Gasteiger partial charge in [-0.15, -0.1) is 0 Å². The molecule has 0 amide bonds. The lowest BCUT2D eigenvalue weighted by Crippen LogP contribution is -3.00. The zero-order valence-electron chi connectivity index (χ0n) is 21.1. The number of para-hydroxylation sites is 3. The highest BCUT2D eigenvalue weighted by Gasteiger charge is 2.34. The van der Waals surface area contributed by atoms with Crippen LogP contribution >= 0.6 is 0 Å². The number of halogens is 1. The summed E-state index contributed by atoms with van der Waals surface area (Å²) >= 11 is 0. The van der Waals surface area contributed by atoms with E-state index in [1.165, 1.54) is 7.11 Å². The van der Waals surface area contributed by atoms with Crippen molar-refractivity contribution in [2.24, 2.45) is 0 Å². The van der Waals surface area contributed by atoms with Gasteiger partial charge in [0.05, 0.1) is 23.3 Å². The molecule has 0 aliphatic carbocycles. The summed E-state index contributed by atoms with van der Waals surface area (Å²) in [4.78, 5) is 12.9. The van der Waals surface area contributed by atoms with Gasteiger partial charge in [-0.3, -0.25) is 0 Å². The predicted molar refractivity (Wildman–Crippen MR) is 145 cm³/mol. The first-order valence-corrected chi connectivity index (χ1v) is 12.0. The second kappa shape index (κ2) is 12.0. The number of benzene rings is 4. The maximum absolute atomic E-state index is 12.9. The molecule has 0 atom stereocenters. The number of anilines is 1. The molecule has 190 valence electrons. The van der Waals surface area contributed by atoms with Gasteiger partial charge in [-0.1, -0.05) is 77.5 Å². The third-order valence-corrected chi connectivity index (χ3v) is 6.00. The molecule has 0 bridgehead atoms. The number of ether oxygens (including phenoxy) is 1. The van der Waals surface area contributed by atoms with Gasteiger partial charge in [-0.25, -0.2) is 4.79 Å². The van der Waals surface area contributed by atoms with Crippen LogP contribution in [-0.2, 0) is 9.53 Å². The van der Waals surface area contributed by atoms with Gasteiger partial charge in [0, 0.05) is 5.69 Å². The lowest BCUT2D eigenvalue weighted by atomic mass is 10.1. The summed E-state index contributed by atoms with van der Waals surface area (Å²) in [5, 5.41) is 8.60. The second-order valence-corrected chi connectivity index (χ2v) is 8.41. The number of hydrogen-bond donors (Lipinski definition) is 1. The number of esters is 1. The first-order valence-electron chi connectivity index (χ1n) is 12.0. The van der Waals surface area contributed by atoms with Crippen LogP contribution < -0.4 is 22.3 Å². The van der Waals surface area contributed by atoms with Gasteiger partial charge in [0.25, 0.3) is 5.82 Å². The van der Waals surface area contributed by atoms with Crippen LogP contribution in [0.3, 0.4) is 0 Å². The minimum absolute atomic E-state index is 0. The molecule has 0 saturated carbocycles. The molecule has 0 saturated heterocycles. The van der Waals surface area contributed by atoms with Gasteiger partial charge >= 0.3 is 11.8 Å². The van der Waals surface area contributed by atoms with Crippen LogP contribution in [-0.4, -0.2) is 22.9 Å². The summed E-state index contributed by atoms with van der Waals surface area (Å²) in [6.07, 6.45) is 0. The van der Waals surface area contributed by atoms with E-state index in [1.807, 2.05) is 126 Å². The molecule has 1 aromatic heterocycles. The molecule has 6 nitrogen and oxygen atoms in total. The number of methoxy groups -OCH3 is 1. The third kappa shape index (κ3) is 5.36. The Morgan fingerprint density at radius 1 is 0.789 bits per heavy atom. The SMILES string of the molecule is COC(=O)/C(C)=C(/Nc1ccccc1)c1n(-c2ccccc2)nc(-c2ccccc2)[n+]1-c1ccccc1.[Cl-]. The van der Waals surface area contributed by atoms with Crippen LogP contribution in [0, 0.1) is 0 Å². The zero-order chi connectivity index (χ0) is 25.6. The molecule has 38 heavy (non-hydrogen) atoms. The van der Waals surface area contributed by atoms with E-state index in [-0.39, 0.29) is 12.4 Å². The van der Waals surface area contributed by atoms with Crippen molar-refractivity contribution in [3.8, 4) is 22.8 Å². The number of hydrogen-bond acceptors (Lipinski definition) is 4. The highest BCUT2D eigenvalue weighted by atomic mass is 35.5. The van der Waals surface area contributed by atoms with Gasteiger partial charge in [0.2, 0.25) is 0 Å². The number of rotatable bonds is 7. The van der Waals surface area contributed by atoms with Gasteiger partial charge < -0.3 is 22.5 Å². The van der Waals surface area contributed by atoms with E-state index in [4.69, 9.17) is 9.84 Å². The van der Waals surface area contributed by atoms with Crippen LogP contribution in [0.25, 0.3) is 28.5 Å². The first kappa shape index (κ1) is 26.4. The van der Waals surface area contributed by atoms with Crippen molar-refractivity contribution >= 4 is 17.4 Å². The second-order valence-electron chi connectivity index (χ2n) is 8.41. The van der Waals surface area contributed by atoms with Crippen molar-refractivity contribution in [3.63, 3.8) is 0 Å². The molecular weight excluding hydrogens is 496 g/mol. The van der Waals surface area contributed by atoms with Crippen LogP contribution in [0.5, 0.6) is 0 Å². The quantitative estimate of drug-likeness (QED) is 0.203. The molecule has 5 rings (SSSR count). The average molecular weight is 523 g/mol. The van der Waals surface area contributed by atoms with Crippen molar-refractivity contribution in [2.75, 3.05) is 12.4 Å². The number of aromatic nitrogens is 3. The number of carbonyl (C=O) groups is 1. The van der Waals surface area contributed by atoms with Gasteiger partial charge in [0.1, 0.15) is 17.1 Å². The standard InChI is InChI=1S/C31H26N4O2.ClH/c1-23(31(36)37-2)28(32-25-17-9-4-10-18-25)30-34(26-19-11-5-12-20-26)29(24-15-7-3-8-16-24)33-35(30)27-21-13-6-14-22-27;/h3-22H,1-2H3;1H. The monoisotopic (exact) mass is 522 g/mol. The largest absolute Gasteiger partial charge is 1.00 e. The smallest absolute Gasteiger partial charge is 0.335 e. The molecule has 0 unspecified atom stereocenters. The summed E-state index contributed by atoms with van der Waals surface area (Å²) in [7, 11) is 1.39. The van der Waals surface area contributed by atoms with Crippen LogP contribution in [0.4, 0.5) is 5.69 Å². The van der Waals surface area contributed by atoms with Crippen molar-refractivity contribution in [3.05, 3.63) is 133 Å². The average Bonchev–Trinajstić information content (AvgIpc) is 3.37. The van der Waals surface area contributed by atoms with Crippen molar-refractivity contribution < 1.29 is 26.5 Å². The molecule has 0 spiro atoms. The molecular formula is C31H27ClN4O2. The van der Waals surface area contributed by atoms with Crippen molar-refractivity contribution in [1.29, 1.82) is 0 Å². The Balaban J connectivity index is 0.00000336. The molecule has 4 aromatic carbocycles. The Labute approximate surface area is 228 Å². The fourth-order valence-electron chi connectivity index (χ4n) is 4.18. The normalized spacial score (nSPS) is 11.2. The summed E-state index contributed by atoms with van der Waals surface area (Å²) in [5.41, 5.74) is 4.55. The lowest BCUT2D eigenvalue weighted by Gasteiger charge is -2.14. The minimum atomic E-state index is -0.430. The molecule has 0 fully saturated rings. The zero-order valence-corrected chi connectivity index (χ0v) is 21.8. The maximum atomic E-state index is 12.9. The van der Waals surface area contributed by atoms with E-state index in [0.29, 0.717) is 17.1 Å². The van der Waals surface area contributed by atoms with E-state index >= 15 is 0 Å². The predicted octanol–water partition coefficient (Wildman–Crippen LogP) is 2.84. The minimum Gasteiger partial charge on any atom is -1.00 e. The summed E-state index contributed by atoms with van der Waals surface area (Å²) < 4.78 is 9.10. The van der Waals surface area contributed by atoms with Crippen LogP contribution in [0.2, 0.25) is 0 Å². The molecule has 0 radical (unpaired) electrons. The third-order valence-electron chi connectivity index (χ3n) is 6.00. The Morgan fingerprint density at radius 3 is 1.89 bits per heavy atom. The number of carbonyl (C=O) groups excluding carboxylic acids is 1. The summed E-state index contributed by atoms with van der Waals surface area (Å²) in [6.45, 7) is 1.76. The summed E-state index contributed by atoms with van der Waals surface area (Å²) in [5.74, 6) is 0.985. The van der Waals surface area contributed by atoms with E-state index in [0.717, 1.165) is 28.5 Å². The van der Waals surface area contributed by atoms with Gasteiger partial charge in [0.15, 0.2) is 0 Å². The fraction of sp³-hybridized carbons (Fsp3) is 0.0645. The topological polar surface area (TPSA) is 60.0 Å². The highest BCUT2D eigenvalue weighted by Crippen LogP contribution is 2.27.